The molecule has 1 atom stereocenters. The topological polar surface area (TPSA) is 38.0 Å². The van der Waals surface area contributed by atoms with E-state index >= 15 is 0 Å². The maximum absolute atomic E-state index is 6.20. The molecule has 2 aromatic rings. The van der Waals surface area contributed by atoms with Gasteiger partial charge in [0.05, 0.1) is 6.04 Å². The molecule has 2 rings (SSSR count). The average molecular weight is 326 g/mol. The Bertz CT molecular complexity index is 531. The van der Waals surface area contributed by atoms with Crippen LogP contribution in [0.3, 0.4) is 0 Å². The van der Waals surface area contributed by atoms with Crippen molar-refractivity contribution in [3.63, 3.8) is 0 Å². The molecule has 0 spiro atoms. The van der Waals surface area contributed by atoms with Gasteiger partial charge in [0.2, 0.25) is 0 Å². The molecular weight excluding hydrogens is 312 g/mol. The Morgan fingerprint density at radius 1 is 1.11 bits per heavy atom. The van der Waals surface area contributed by atoms with Gasteiger partial charge in [-0.1, -0.05) is 63.9 Å². The van der Waals surface area contributed by atoms with Crippen molar-refractivity contribution in [2.75, 3.05) is 0 Å². The summed E-state index contributed by atoms with van der Waals surface area (Å²) in [4.78, 5) is 0. The van der Waals surface area contributed by atoms with Gasteiger partial charge in [0.15, 0.2) is 0 Å². The van der Waals surface area contributed by atoms with Crippen LogP contribution in [0.25, 0.3) is 0 Å². The fourth-order valence-electron chi connectivity index (χ4n) is 1.90. The van der Waals surface area contributed by atoms with E-state index in [1.165, 1.54) is 5.56 Å². The number of nitrogens with two attached hydrogens (primary N) is 1. The summed E-state index contributed by atoms with van der Waals surface area (Å²) in [5.74, 6) is 5.65. The van der Waals surface area contributed by atoms with Gasteiger partial charge in [-0.15, -0.1) is 0 Å². The van der Waals surface area contributed by atoms with E-state index in [0.29, 0.717) is 0 Å². The molecule has 0 heterocycles. The first-order chi connectivity index (χ1) is 8.72. The van der Waals surface area contributed by atoms with E-state index in [0.717, 1.165) is 21.5 Å². The van der Waals surface area contributed by atoms with Gasteiger partial charge in [-0.3, -0.25) is 11.3 Å². The van der Waals surface area contributed by atoms with Crippen molar-refractivity contribution in [3.8, 4) is 0 Å². The summed E-state index contributed by atoms with van der Waals surface area (Å²) >= 11 is 9.74. The first kappa shape index (κ1) is 13.6. The number of halogens is 2. The molecule has 0 radical (unpaired) electrons. The third-order valence-electron chi connectivity index (χ3n) is 2.86. The van der Waals surface area contributed by atoms with Gasteiger partial charge in [0.25, 0.3) is 0 Å². The number of benzene rings is 2. The van der Waals surface area contributed by atoms with Crippen LogP contribution in [0.2, 0.25) is 5.02 Å². The molecule has 4 heteroatoms. The molecule has 0 fully saturated rings. The van der Waals surface area contributed by atoms with Crippen LogP contribution in [0.4, 0.5) is 0 Å². The SMILES string of the molecule is NNC(Cc1ccccc1Br)c1ccccc1Cl. The number of hydrogen-bond donors (Lipinski definition) is 2. The molecule has 1 unspecified atom stereocenters. The Kier molecular flexibility index (Phi) is 4.78. The Hall–Kier alpha value is -0.870. The van der Waals surface area contributed by atoms with Gasteiger partial charge < -0.3 is 0 Å². The first-order valence-corrected chi connectivity index (χ1v) is 6.83. The number of hydrogen-bond acceptors (Lipinski definition) is 2. The molecule has 2 aromatic carbocycles. The third kappa shape index (κ3) is 3.12. The van der Waals surface area contributed by atoms with E-state index in [1.807, 2.05) is 42.5 Å². The van der Waals surface area contributed by atoms with Crippen molar-refractivity contribution in [1.82, 2.24) is 5.43 Å². The van der Waals surface area contributed by atoms with Crippen LogP contribution in [0.15, 0.2) is 53.0 Å². The third-order valence-corrected chi connectivity index (χ3v) is 3.98. The van der Waals surface area contributed by atoms with Crippen LogP contribution in [-0.4, -0.2) is 0 Å². The maximum Gasteiger partial charge on any atom is 0.0515 e. The minimum absolute atomic E-state index is 0.00241. The summed E-state index contributed by atoms with van der Waals surface area (Å²) in [5, 5.41) is 0.729. The molecule has 0 amide bonds. The van der Waals surface area contributed by atoms with Crippen molar-refractivity contribution in [2.45, 2.75) is 12.5 Å². The van der Waals surface area contributed by atoms with Gasteiger partial charge in [-0.05, 0) is 29.7 Å². The lowest BCUT2D eigenvalue weighted by Crippen LogP contribution is -2.29. The summed E-state index contributed by atoms with van der Waals surface area (Å²) in [6.07, 6.45) is 0.779. The van der Waals surface area contributed by atoms with Crippen molar-refractivity contribution in [1.29, 1.82) is 0 Å². The van der Waals surface area contributed by atoms with Gasteiger partial charge in [-0.25, -0.2) is 0 Å². The minimum atomic E-state index is -0.00241. The molecule has 0 aromatic heterocycles. The second-order valence-corrected chi connectivity index (χ2v) is 5.30. The summed E-state index contributed by atoms with van der Waals surface area (Å²) in [6.45, 7) is 0. The van der Waals surface area contributed by atoms with Crippen LogP contribution >= 0.6 is 27.5 Å². The van der Waals surface area contributed by atoms with Crippen LogP contribution < -0.4 is 11.3 Å². The van der Waals surface area contributed by atoms with Crippen LogP contribution in [0.5, 0.6) is 0 Å². The number of hydrazine groups is 1. The van der Waals surface area contributed by atoms with E-state index in [-0.39, 0.29) is 6.04 Å². The van der Waals surface area contributed by atoms with Crippen molar-refractivity contribution >= 4 is 27.5 Å². The summed E-state index contributed by atoms with van der Waals surface area (Å²) in [5.41, 5.74) is 5.04. The Labute approximate surface area is 120 Å². The normalized spacial score (nSPS) is 12.4. The van der Waals surface area contributed by atoms with Crippen LogP contribution in [0, 0.1) is 0 Å². The quantitative estimate of drug-likeness (QED) is 0.662. The van der Waals surface area contributed by atoms with Gasteiger partial charge in [0.1, 0.15) is 0 Å². The predicted molar refractivity (Wildman–Crippen MR) is 79.4 cm³/mol. The van der Waals surface area contributed by atoms with Gasteiger partial charge in [0, 0.05) is 9.50 Å². The lowest BCUT2D eigenvalue weighted by Gasteiger charge is -2.18. The smallest absolute Gasteiger partial charge is 0.0515 e. The van der Waals surface area contributed by atoms with E-state index in [9.17, 15) is 0 Å². The highest BCUT2D eigenvalue weighted by atomic mass is 79.9. The Morgan fingerprint density at radius 3 is 2.44 bits per heavy atom. The predicted octanol–water partition coefficient (Wildman–Crippen LogP) is 3.85. The number of nitrogens with one attached hydrogen (secondary N) is 1. The fraction of sp³-hybridized carbons (Fsp3) is 0.143. The number of rotatable bonds is 4. The average Bonchev–Trinajstić information content (AvgIpc) is 2.39. The molecule has 0 saturated carbocycles. The molecule has 0 aliphatic heterocycles. The molecule has 18 heavy (non-hydrogen) atoms. The molecular formula is C14H14BrClN2. The van der Waals surface area contributed by atoms with E-state index in [1.54, 1.807) is 0 Å². The Morgan fingerprint density at radius 2 is 1.78 bits per heavy atom. The highest BCUT2D eigenvalue weighted by Crippen LogP contribution is 2.27. The minimum Gasteiger partial charge on any atom is -0.271 e. The molecule has 3 N–H and O–H groups in total. The molecule has 0 saturated heterocycles. The zero-order valence-electron chi connectivity index (χ0n) is 9.74. The van der Waals surface area contributed by atoms with Crippen molar-refractivity contribution in [3.05, 3.63) is 69.2 Å². The van der Waals surface area contributed by atoms with E-state index < -0.39 is 0 Å². The summed E-state index contributed by atoms with van der Waals surface area (Å²) < 4.78 is 1.08. The zero-order valence-corrected chi connectivity index (χ0v) is 12.1. The molecule has 0 aliphatic carbocycles. The first-order valence-electron chi connectivity index (χ1n) is 5.66. The monoisotopic (exact) mass is 324 g/mol. The molecule has 0 aliphatic rings. The summed E-state index contributed by atoms with van der Waals surface area (Å²) in [6, 6.07) is 15.8. The second kappa shape index (κ2) is 6.34. The maximum atomic E-state index is 6.20. The van der Waals surface area contributed by atoms with E-state index in [4.69, 9.17) is 17.4 Å². The zero-order chi connectivity index (χ0) is 13.0. The summed E-state index contributed by atoms with van der Waals surface area (Å²) in [7, 11) is 0. The lowest BCUT2D eigenvalue weighted by atomic mass is 9.99. The molecule has 94 valence electrons. The lowest BCUT2D eigenvalue weighted by molar-refractivity contribution is 0.551. The highest BCUT2D eigenvalue weighted by Gasteiger charge is 2.14. The van der Waals surface area contributed by atoms with Gasteiger partial charge in [-0.2, -0.15) is 0 Å². The van der Waals surface area contributed by atoms with Crippen molar-refractivity contribution < 1.29 is 0 Å². The van der Waals surface area contributed by atoms with E-state index in [2.05, 4.69) is 27.4 Å². The van der Waals surface area contributed by atoms with Crippen LogP contribution in [-0.2, 0) is 6.42 Å². The molecule has 2 nitrogen and oxygen atoms in total. The highest BCUT2D eigenvalue weighted by molar-refractivity contribution is 9.10. The van der Waals surface area contributed by atoms with Crippen molar-refractivity contribution in [2.24, 2.45) is 5.84 Å². The largest absolute Gasteiger partial charge is 0.271 e. The second-order valence-electron chi connectivity index (χ2n) is 4.04. The molecule has 0 bridgehead atoms. The Balaban J connectivity index is 2.26. The van der Waals surface area contributed by atoms with Crippen LogP contribution in [0.1, 0.15) is 17.2 Å². The van der Waals surface area contributed by atoms with Gasteiger partial charge >= 0.3 is 0 Å². The standard InChI is InChI=1S/C14H14BrClN2/c15-12-7-3-1-5-10(12)9-14(18-17)11-6-2-4-8-13(11)16/h1-8,14,18H,9,17H2. The fourth-order valence-corrected chi connectivity index (χ4v) is 2.61.